The molecule has 3 aromatic heterocycles. The molecular formula is C14H15N5. The molecule has 0 amide bonds. The predicted octanol–water partition coefficient (Wildman–Crippen LogP) is 2.30. The lowest BCUT2D eigenvalue weighted by atomic mass is 10.3. The Morgan fingerprint density at radius 2 is 2.21 bits per heavy atom. The van der Waals surface area contributed by atoms with E-state index in [-0.39, 0.29) is 0 Å². The van der Waals surface area contributed by atoms with Gasteiger partial charge in [-0.25, -0.2) is 4.98 Å². The molecule has 5 heteroatoms. The van der Waals surface area contributed by atoms with E-state index in [0.29, 0.717) is 0 Å². The Bertz CT molecular complexity index is 675. The van der Waals surface area contributed by atoms with Gasteiger partial charge >= 0.3 is 0 Å². The molecule has 0 unspecified atom stereocenters. The van der Waals surface area contributed by atoms with Crippen molar-refractivity contribution in [3.63, 3.8) is 0 Å². The maximum atomic E-state index is 4.52. The fourth-order valence-electron chi connectivity index (χ4n) is 1.97. The molecule has 3 heterocycles. The molecule has 3 aromatic rings. The van der Waals surface area contributed by atoms with Gasteiger partial charge in [0.1, 0.15) is 5.82 Å². The third-order valence-electron chi connectivity index (χ3n) is 2.97. The van der Waals surface area contributed by atoms with E-state index in [0.717, 1.165) is 35.7 Å². The molecule has 96 valence electrons. The number of hydrogen-bond acceptors (Lipinski definition) is 4. The summed E-state index contributed by atoms with van der Waals surface area (Å²) in [6.07, 6.45) is 6.30. The van der Waals surface area contributed by atoms with E-state index in [1.807, 2.05) is 35.0 Å². The highest BCUT2D eigenvalue weighted by molar-refractivity contribution is 5.49. The molecule has 19 heavy (non-hydrogen) atoms. The standard InChI is InChI=1S/C14H15N5/c1-2-12-8-14(19-13(18-12)5-7-17-19)16-10-11-4-3-6-15-9-11/h3-9,16H,2,10H2,1H3. The number of fused-ring (bicyclic) bond motifs is 1. The summed E-state index contributed by atoms with van der Waals surface area (Å²) in [5, 5.41) is 7.67. The van der Waals surface area contributed by atoms with Crippen molar-refractivity contribution >= 4 is 11.5 Å². The van der Waals surface area contributed by atoms with Gasteiger partial charge in [-0.15, -0.1) is 0 Å². The molecule has 0 aromatic carbocycles. The molecule has 0 fully saturated rings. The van der Waals surface area contributed by atoms with Crippen LogP contribution >= 0.6 is 0 Å². The molecule has 0 saturated carbocycles. The normalized spacial score (nSPS) is 10.8. The predicted molar refractivity (Wildman–Crippen MR) is 73.9 cm³/mol. The Kier molecular flexibility index (Phi) is 3.10. The SMILES string of the molecule is CCc1cc(NCc2cccnc2)n2nccc2n1. The lowest BCUT2D eigenvalue weighted by Gasteiger charge is -2.09. The van der Waals surface area contributed by atoms with Crippen LogP contribution in [0.4, 0.5) is 5.82 Å². The topological polar surface area (TPSA) is 55.1 Å². The average molecular weight is 253 g/mol. The Morgan fingerprint density at radius 3 is 3.00 bits per heavy atom. The maximum absolute atomic E-state index is 4.52. The monoisotopic (exact) mass is 253 g/mol. The third kappa shape index (κ3) is 2.40. The first-order valence-electron chi connectivity index (χ1n) is 6.33. The van der Waals surface area contributed by atoms with Crippen LogP contribution in [0.15, 0.2) is 42.9 Å². The first kappa shape index (κ1) is 11.6. The molecule has 0 aliphatic carbocycles. The van der Waals surface area contributed by atoms with Crippen LogP contribution in [0.5, 0.6) is 0 Å². The fraction of sp³-hybridized carbons (Fsp3) is 0.214. The van der Waals surface area contributed by atoms with Crippen molar-refractivity contribution in [1.82, 2.24) is 19.6 Å². The molecule has 0 atom stereocenters. The summed E-state index contributed by atoms with van der Waals surface area (Å²) in [5.74, 6) is 0.954. The Morgan fingerprint density at radius 1 is 1.26 bits per heavy atom. The Hall–Kier alpha value is -2.43. The molecule has 0 radical (unpaired) electrons. The summed E-state index contributed by atoms with van der Waals surface area (Å²) in [5.41, 5.74) is 3.06. The van der Waals surface area contributed by atoms with Crippen LogP contribution in [-0.4, -0.2) is 19.6 Å². The van der Waals surface area contributed by atoms with Gasteiger partial charge in [-0.1, -0.05) is 13.0 Å². The van der Waals surface area contributed by atoms with Crippen molar-refractivity contribution in [2.45, 2.75) is 19.9 Å². The minimum atomic E-state index is 0.718. The number of hydrogen-bond donors (Lipinski definition) is 1. The molecule has 0 spiro atoms. The van der Waals surface area contributed by atoms with Gasteiger partial charge in [0.2, 0.25) is 0 Å². The number of pyridine rings is 1. The minimum Gasteiger partial charge on any atom is -0.366 e. The smallest absolute Gasteiger partial charge is 0.157 e. The van der Waals surface area contributed by atoms with E-state index in [1.165, 1.54) is 0 Å². The Balaban J connectivity index is 1.89. The fourth-order valence-corrected chi connectivity index (χ4v) is 1.97. The van der Waals surface area contributed by atoms with E-state index in [9.17, 15) is 0 Å². The zero-order valence-corrected chi connectivity index (χ0v) is 10.7. The molecule has 0 saturated heterocycles. The number of anilines is 1. The molecule has 0 bridgehead atoms. The number of rotatable bonds is 4. The lowest BCUT2D eigenvalue weighted by Crippen LogP contribution is -2.07. The minimum absolute atomic E-state index is 0.718. The average Bonchev–Trinajstić information content (AvgIpc) is 2.94. The number of nitrogens with zero attached hydrogens (tertiary/aromatic N) is 4. The van der Waals surface area contributed by atoms with E-state index < -0.39 is 0 Å². The summed E-state index contributed by atoms with van der Waals surface area (Å²) >= 11 is 0. The largest absolute Gasteiger partial charge is 0.366 e. The van der Waals surface area contributed by atoms with Crippen molar-refractivity contribution in [3.05, 3.63) is 54.1 Å². The number of aryl methyl sites for hydroxylation is 1. The summed E-state index contributed by atoms with van der Waals surface area (Å²) in [7, 11) is 0. The lowest BCUT2D eigenvalue weighted by molar-refractivity contribution is 0.901. The van der Waals surface area contributed by atoms with Crippen molar-refractivity contribution < 1.29 is 0 Å². The van der Waals surface area contributed by atoms with E-state index in [1.54, 1.807) is 12.4 Å². The molecule has 3 rings (SSSR count). The van der Waals surface area contributed by atoms with Gasteiger partial charge in [-0.05, 0) is 18.1 Å². The van der Waals surface area contributed by atoms with Gasteiger partial charge in [-0.2, -0.15) is 9.61 Å². The third-order valence-corrected chi connectivity index (χ3v) is 2.97. The van der Waals surface area contributed by atoms with Gasteiger partial charge in [0.15, 0.2) is 5.65 Å². The summed E-state index contributed by atoms with van der Waals surface area (Å²) in [6.45, 7) is 2.82. The van der Waals surface area contributed by atoms with Crippen molar-refractivity contribution in [2.24, 2.45) is 0 Å². The van der Waals surface area contributed by atoms with Crippen LogP contribution in [0.3, 0.4) is 0 Å². The molecular weight excluding hydrogens is 238 g/mol. The highest BCUT2D eigenvalue weighted by Crippen LogP contribution is 2.13. The van der Waals surface area contributed by atoms with Crippen LogP contribution in [0.25, 0.3) is 5.65 Å². The summed E-state index contributed by atoms with van der Waals surface area (Å²) in [4.78, 5) is 8.63. The zero-order chi connectivity index (χ0) is 13.1. The van der Waals surface area contributed by atoms with Crippen molar-refractivity contribution in [3.8, 4) is 0 Å². The zero-order valence-electron chi connectivity index (χ0n) is 10.7. The highest BCUT2D eigenvalue weighted by Gasteiger charge is 2.05. The van der Waals surface area contributed by atoms with Crippen LogP contribution < -0.4 is 5.32 Å². The van der Waals surface area contributed by atoms with Crippen LogP contribution in [0.2, 0.25) is 0 Å². The number of aromatic nitrogens is 4. The van der Waals surface area contributed by atoms with E-state index in [4.69, 9.17) is 0 Å². The van der Waals surface area contributed by atoms with Gasteiger partial charge in [-0.3, -0.25) is 4.98 Å². The first-order valence-corrected chi connectivity index (χ1v) is 6.33. The Labute approximate surface area is 111 Å². The van der Waals surface area contributed by atoms with Gasteiger partial charge in [0.25, 0.3) is 0 Å². The van der Waals surface area contributed by atoms with Crippen molar-refractivity contribution in [2.75, 3.05) is 5.32 Å². The van der Waals surface area contributed by atoms with Crippen LogP contribution in [0.1, 0.15) is 18.2 Å². The maximum Gasteiger partial charge on any atom is 0.157 e. The summed E-state index contributed by atoms with van der Waals surface area (Å²) in [6, 6.07) is 7.93. The molecule has 1 N–H and O–H groups in total. The van der Waals surface area contributed by atoms with Gasteiger partial charge in [0.05, 0.1) is 6.20 Å². The quantitative estimate of drug-likeness (QED) is 0.775. The second-order valence-corrected chi connectivity index (χ2v) is 4.30. The molecule has 5 nitrogen and oxygen atoms in total. The second-order valence-electron chi connectivity index (χ2n) is 4.30. The van der Waals surface area contributed by atoms with Crippen LogP contribution in [0, 0.1) is 0 Å². The van der Waals surface area contributed by atoms with Gasteiger partial charge in [0, 0.05) is 36.8 Å². The van der Waals surface area contributed by atoms with E-state index in [2.05, 4.69) is 27.3 Å². The van der Waals surface area contributed by atoms with E-state index >= 15 is 0 Å². The first-order chi connectivity index (χ1) is 9.36. The van der Waals surface area contributed by atoms with Crippen LogP contribution in [-0.2, 0) is 13.0 Å². The summed E-state index contributed by atoms with van der Waals surface area (Å²) < 4.78 is 1.82. The van der Waals surface area contributed by atoms with Crippen molar-refractivity contribution in [1.29, 1.82) is 0 Å². The molecule has 0 aliphatic rings. The molecule has 0 aliphatic heterocycles. The second kappa shape index (κ2) is 5.06. The van der Waals surface area contributed by atoms with Gasteiger partial charge < -0.3 is 5.32 Å². The highest BCUT2D eigenvalue weighted by atomic mass is 15.3. The number of nitrogens with one attached hydrogen (secondary N) is 1.